The van der Waals surface area contributed by atoms with Crippen molar-refractivity contribution in [3.63, 3.8) is 0 Å². The molecule has 1 aromatic heterocycles. The number of aromatic nitrogens is 2. The predicted octanol–water partition coefficient (Wildman–Crippen LogP) is 4.44. The lowest BCUT2D eigenvalue weighted by molar-refractivity contribution is -0.137. The summed E-state index contributed by atoms with van der Waals surface area (Å²) in [7, 11) is 0. The number of carbonyl (C=O) groups is 2. The third-order valence-electron chi connectivity index (χ3n) is 3.64. The van der Waals surface area contributed by atoms with Crippen LogP contribution in [0.4, 0.5) is 24.5 Å². The first kappa shape index (κ1) is 21.4. The highest BCUT2D eigenvalue weighted by molar-refractivity contribution is 7.99. The molecule has 3 rings (SSSR count). The Labute approximate surface area is 173 Å². The Morgan fingerprint density at radius 3 is 2.43 bits per heavy atom. The molecule has 0 saturated carbocycles. The molecule has 2 N–H and O–H groups in total. The van der Waals surface area contributed by atoms with Gasteiger partial charge in [0.15, 0.2) is 0 Å². The molecule has 0 aliphatic carbocycles. The SMILES string of the molecule is CC(=O)Nc1cccc(-c2nnc(SCC(=O)Nc3cccc(C(F)(F)F)c3)o2)c1. The Morgan fingerprint density at radius 2 is 1.73 bits per heavy atom. The van der Waals surface area contributed by atoms with Gasteiger partial charge in [-0.05, 0) is 36.4 Å². The highest BCUT2D eigenvalue weighted by Gasteiger charge is 2.30. The van der Waals surface area contributed by atoms with E-state index < -0.39 is 17.6 Å². The van der Waals surface area contributed by atoms with E-state index in [1.165, 1.54) is 19.1 Å². The van der Waals surface area contributed by atoms with Gasteiger partial charge in [-0.1, -0.05) is 23.9 Å². The van der Waals surface area contributed by atoms with E-state index in [9.17, 15) is 22.8 Å². The first-order valence-corrected chi connectivity index (χ1v) is 9.51. The summed E-state index contributed by atoms with van der Waals surface area (Å²) in [5, 5.41) is 12.9. The fraction of sp³-hybridized carbons (Fsp3) is 0.158. The van der Waals surface area contributed by atoms with E-state index in [4.69, 9.17) is 4.42 Å². The third kappa shape index (κ3) is 5.83. The Bertz CT molecular complexity index is 1070. The zero-order valence-electron chi connectivity index (χ0n) is 15.5. The second-order valence-electron chi connectivity index (χ2n) is 6.05. The van der Waals surface area contributed by atoms with Crippen molar-refractivity contribution in [3.8, 4) is 11.5 Å². The van der Waals surface area contributed by atoms with Crippen molar-refractivity contribution in [3.05, 3.63) is 54.1 Å². The van der Waals surface area contributed by atoms with E-state index in [-0.39, 0.29) is 28.5 Å². The van der Waals surface area contributed by atoms with Crippen LogP contribution in [0, 0.1) is 0 Å². The molecule has 0 aliphatic heterocycles. The fourth-order valence-corrected chi connectivity index (χ4v) is 2.98. The van der Waals surface area contributed by atoms with E-state index in [2.05, 4.69) is 20.8 Å². The Morgan fingerprint density at radius 1 is 1.03 bits per heavy atom. The van der Waals surface area contributed by atoms with E-state index in [0.29, 0.717) is 11.3 Å². The number of carbonyl (C=O) groups excluding carboxylic acids is 2. The fourth-order valence-electron chi connectivity index (χ4n) is 2.42. The first-order chi connectivity index (χ1) is 14.2. The molecule has 7 nitrogen and oxygen atoms in total. The summed E-state index contributed by atoms with van der Waals surface area (Å²) in [4.78, 5) is 23.2. The number of rotatable bonds is 6. The number of amides is 2. The highest BCUT2D eigenvalue weighted by Crippen LogP contribution is 2.31. The third-order valence-corrected chi connectivity index (χ3v) is 4.46. The number of anilines is 2. The van der Waals surface area contributed by atoms with Gasteiger partial charge in [-0.3, -0.25) is 9.59 Å². The molecule has 0 aliphatic rings. The molecular weight excluding hydrogens is 421 g/mol. The van der Waals surface area contributed by atoms with Crippen molar-refractivity contribution >= 4 is 35.0 Å². The number of thioether (sulfide) groups is 1. The summed E-state index contributed by atoms with van der Waals surface area (Å²) < 4.78 is 43.7. The van der Waals surface area contributed by atoms with Crippen LogP contribution in [0.1, 0.15) is 12.5 Å². The summed E-state index contributed by atoms with van der Waals surface area (Å²) in [6, 6.07) is 11.1. The van der Waals surface area contributed by atoms with Gasteiger partial charge in [0.05, 0.1) is 11.3 Å². The zero-order valence-corrected chi connectivity index (χ0v) is 16.3. The van der Waals surface area contributed by atoms with Gasteiger partial charge < -0.3 is 15.1 Å². The van der Waals surface area contributed by atoms with Crippen molar-refractivity contribution in [2.45, 2.75) is 18.3 Å². The van der Waals surface area contributed by atoms with Gasteiger partial charge in [-0.25, -0.2) is 0 Å². The van der Waals surface area contributed by atoms with Crippen molar-refractivity contribution < 1.29 is 27.2 Å². The zero-order chi connectivity index (χ0) is 21.7. The van der Waals surface area contributed by atoms with Crippen LogP contribution in [0.2, 0.25) is 0 Å². The maximum absolute atomic E-state index is 12.7. The standard InChI is InChI=1S/C19H15F3N4O3S/c1-11(27)23-14-6-2-4-12(8-14)17-25-26-18(29-17)30-10-16(28)24-15-7-3-5-13(9-15)19(20,21)22/h2-9H,10H2,1H3,(H,23,27)(H,24,28). The molecule has 3 aromatic rings. The van der Waals surface area contributed by atoms with Crippen molar-refractivity contribution in [2.24, 2.45) is 0 Å². The average molecular weight is 436 g/mol. The maximum Gasteiger partial charge on any atom is 0.416 e. The smallest absolute Gasteiger partial charge is 0.411 e. The summed E-state index contributed by atoms with van der Waals surface area (Å²) in [6.07, 6.45) is -4.49. The molecule has 2 amide bonds. The second kappa shape index (κ2) is 8.99. The summed E-state index contributed by atoms with van der Waals surface area (Å²) in [6.45, 7) is 1.39. The summed E-state index contributed by atoms with van der Waals surface area (Å²) in [5.41, 5.74) is 0.328. The molecule has 30 heavy (non-hydrogen) atoms. The van der Waals surface area contributed by atoms with Crippen molar-refractivity contribution in [1.29, 1.82) is 0 Å². The minimum atomic E-state index is -4.49. The molecule has 0 atom stereocenters. The van der Waals surface area contributed by atoms with E-state index in [1.807, 2.05) is 0 Å². The van der Waals surface area contributed by atoms with Gasteiger partial charge in [-0.15, -0.1) is 10.2 Å². The minimum Gasteiger partial charge on any atom is -0.411 e. The number of nitrogens with zero attached hydrogens (tertiary/aromatic N) is 2. The Balaban J connectivity index is 1.59. The van der Waals surface area contributed by atoms with Crippen LogP contribution in [-0.4, -0.2) is 27.8 Å². The summed E-state index contributed by atoms with van der Waals surface area (Å²) in [5.74, 6) is -0.681. The molecule has 0 spiro atoms. The molecule has 0 saturated heterocycles. The normalized spacial score (nSPS) is 11.2. The molecule has 11 heteroatoms. The molecule has 156 valence electrons. The molecule has 0 bridgehead atoms. The van der Waals surface area contributed by atoms with Crippen molar-refractivity contribution in [2.75, 3.05) is 16.4 Å². The number of nitrogens with one attached hydrogen (secondary N) is 2. The van der Waals surface area contributed by atoms with Crippen LogP contribution in [0.3, 0.4) is 0 Å². The summed E-state index contributed by atoms with van der Waals surface area (Å²) >= 11 is 0.944. The Kier molecular flexibility index (Phi) is 6.40. The maximum atomic E-state index is 12.7. The van der Waals surface area contributed by atoms with Gasteiger partial charge in [0.25, 0.3) is 5.22 Å². The number of hydrogen-bond donors (Lipinski definition) is 2. The Hall–Kier alpha value is -3.34. The monoisotopic (exact) mass is 436 g/mol. The molecule has 0 fully saturated rings. The van der Waals surface area contributed by atoms with Crippen LogP contribution in [0.25, 0.3) is 11.5 Å². The lowest BCUT2D eigenvalue weighted by Crippen LogP contribution is -2.15. The van der Waals surface area contributed by atoms with Crippen LogP contribution in [0.15, 0.2) is 58.2 Å². The largest absolute Gasteiger partial charge is 0.416 e. The second-order valence-corrected chi connectivity index (χ2v) is 6.98. The van der Waals surface area contributed by atoms with Gasteiger partial charge in [0, 0.05) is 23.9 Å². The number of hydrogen-bond acceptors (Lipinski definition) is 6. The average Bonchev–Trinajstić information content (AvgIpc) is 3.15. The predicted molar refractivity (Wildman–Crippen MR) is 105 cm³/mol. The van der Waals surface area contributed by atoms with E-state index >= 15 is 0 Å². The molecule has 1 heterocycles. The minimum absolute atomic E-state index is 0.0384. The molecular formula is C19H15F3N4O3S. The quantitative estimate of drug-likeness (QED) is 0.555. The van der Waals surface area contributed by atoms with Gasteiger partial charge in [-0.2, -0.15) is 13.2 Å². The number of benzene rings is 2. The lowest BCUT2D eigenvalue weighted by atomic mass is 10.2. The van der Waals surface area contributed by atoms with Crippen LogP contribution in [-0.2, 0) is 15.8 Å². The van der Waals surface area contributed by atoms with E-state index in [1.54, 1.807) is 24.3 Å². The number of alkyl halides is 3. The molecule has 2 aromatic carbocycles. The van der Waals surface area contributed by atoms with Gasteiger partial charge >= 0.3 is 6.18 Å². The van der Waals surface area contributed by atoms with Crippen LogP contribution < -0.4 is 10.6 Å². The van der Waals surface area contributed by atoms with E-state index in [0.717, 1.165) is 23.9 Å². The van der Waals surface area contributed by atoms with Crippen molar-refractivity contribution in [1.82, 2.24) is 10.2 Å². The van der Waals surface area contributed by atoms with Crippen LogP contribution >= 0.6 is 11.8 Å². The van der Waals surface area contributed by atoms with Gasteiger partial charge in [0.2, 0.25) is 17.7 Å². The lowest BCUT2D eigenvalue weighted by Gasteiger charge is -2.09. The highest BCUT2D eigenvalue weighted by atomic mass is 32.2. The topological polar surface area (TPSA) is 97.1 Å². The molecule has 0 unspecified atom stereocenters. The van der Waals surface area contributed by atoms with Gasteiger partial charge in [0.1, 0.15) is 0 Å². The first-order valence-electron chi connectivity index (χ1n) is 8.52. The van der Waals surface area contributed by atoms with Crippen LogP contribution in [0.5, 0.6) is 0 Å². The molecule has 0 radical (unpaired) electrons. The number of halogens is 3.